The Morgan fingerprint density at radius 1 is 0.458 bits per heavy atom. The van der Waals surface area contributed by atoms with Gasteiger partial charge in [-0.1, -0.05) is 120 Å². The Balaban J connectivity index is 3.43. The Hall–Kier alpha value is 0.440. The molecule has 0 aliphatic carbocycles. The molecule has 0 rings (SSSR count). The van der Waals surface area contributed by atoms with Crippen LogP contribution in [-0.4, -0.2) is 29.9 Å². The maximum absolute atomic E-state index is 3.62. The van der Waals surface area contributed by atoms with Crippen LogP contribution in [0.1, 0.15) is 117 Å². The minimum Gasteiger partial charge on any atom is -0.303 e. The van der Waals surface area contributed by atoms with Crippen LogP contribution in [0.2, 0.25) is 0 Å². The van der Waals surface area contributed by atoms with Gasteiger partial charge in [-0.25, -0.2) is 0 Å². The molecule has 0 atom stereocenters. The molecule has 0 aromatic carbocycles. The topological polar surface area (TPSA) is 3.24 Å². The third-order valence-electron chi connectivity index (χ3n) is 5.06. The lowest BCUT2D eigenvalue weighted by molar-refractivity contribution is 0.276. The Kier molecular flexibility index (Phi) is 21.9. The second-order valence-electron chi connectivity index (χ2n) is 7.48. The summed E-state index contributed by atoms with van der Waals surface area (Å²) in [4.78, 5) is 2.68. The zero-order valence-corrected chi connectivity index (χ0v) is 18.6. The van der Waals surface area contributed by atoms with Gasteiger partial charge in [0.05, 0.1) is 0 Å². The SMILES string of the molecule is CCCCCCCCCCN(CCBr)CCCCCCCCCC. The second kappa shape index (κ2) is 21.5. The molecule has 2 heteroatoms. The van der Waals surface area contributed by atoms with Crippen LogP contribution in [0.3, 0.4) is 0 Å². The molecule has 0 aliphatic rings. The molecule has 0 N–H and O–H groups in total. The minimum absolute atomic E-state index is 1.13. The van der Waals surface area contributed by atoms with Crippen molar-refractivity contribution < 1.29 is 0 Å². The van der Waals surface area contributed by atoms with Gasteiger partial charge in [-0.3, -0.25) is 0 Å². The Morgan fingerprint density at radius 3 is 1.12 bits per heavy atom. The van der Waals surface area contributed by atoms with Gasteiger partial charge in [0.25, 0.3) is 0 Å². The molecule has 0 bridgehead atoms. The summed E-state index contributed by atoms with van der Waals surface area (Å²) in [6.45, 7) is 8.46. The average molecular weight is 405 g/mol. The normalized spacial score (nSPS) is 11.5. The lowest BCUT2D eigenvalue weighted by atomic mass is 10.1. The molecule has 0 fully saturated rings. The van der Waals surface area contributed by atoms with E-state index in [1.54, 1.807) is 0 Å². The first-order valence-corrected chi connectivity index (χ1v) is 12.3. The molecule has 146 valence electrons. The number of alkyl halides is 1. The third kappa shape index (κ3) is 18.8. The summed E-state index contributed by atoms with van der Waals surface area (Å²) in [6, 6.07) is 0. The number of hydrogen-bond donors (Lipinski definition) is 0. The highest BCUT2D eigenvalue weighted by molar-refractivity contribution is 9.09. The van der Waals surface area contributed by atoms with Crippen LogP contribution in [0.25, 0.3) is 0 Å². The van der Waals surface area contributed by atoms with Crippen LogP contribution in [0.4, 0.5) is 0 Å². The van der Waals surface area contributed by atoms with E-state index in [1.807, 2.05) is 0 Å². The molecule has 0 aromatic heterocycles. The maximum Gasteiger partial charge on any atom is 0.0159 e. The van der Waals surface area contributed by atoms with Crippen LogP contribution in [0.5, 0.6) is 0 Å². The summed E-state index contributed by atoms with van der Waals surface area (Å²) in [6.07, 6.45) is 22.9. The molecule has 0 aliphatic heterocycles. The highest BCUT2D eigenvalue weighted by Crippen LogP contribution is 2.11. The average Bonchev–Trinajstić information content (AvgIpc) is 2.59. The van der Waals surface area contributed by atoms with Gasteiger partial charge in [0.1, 0.15) is 0 Å². The van der Waals surface area contributed by atoms with Crippen molar-refractivity contribution in [3.05, 3.63) is 0 Å². The highest BCUT2D eigenvalue weighted by atomic mass is 79.9. The van der Waals surface area contributed by atoms with E-state index in [1.165, 1.54) is 122 Å². The van der Waals surface area contributed by atoms with Crippen LogP contribution >= 0.6 is 15.9 Å². The zero-order valence-electron chi connectivity index (χ0n) is 17.0. The predicted octanol–water partition coefficient (Wildman–Crippen LogP) is 7.96. The highest BCUT2D eigenvalue weighted by Gasteiger charge is 2.03. The zero-order chi connectivity index (χ0) is 17.7. The third-order valence-corrected chi connectivity index (χ3v) is 5.41. The lowest BCUT2D eigenvalue weighted by Gasteiger charge is -2.21. The fraction of sp³-hybridized carbons (Fsp3) is 1.00. The summed E-state index contributed by atoms with van der Waals surface area (Å²) in [5.74, 6) is 0. The van der Waals surface area contributed by atoms with E-state index in [-0.39, 0.29) is 0 Å². The van der Waals surface area contributed by atoms with Crippen molar-refractivity contribution in [1.82, 2.24) is 4.90 Å². The molecule has 0 unspecified atom stereocenters. The molecule has 0 amide bonds. The summed E-state index contributed by atoms with van der Waals surface area (Å²) >= 11 is 3.62. The van der Waals surface area contributed by atoms with Crippen molar-refractivity contribution in [3.63, 3.8) is 0 Å². The first-order valence-electron chi connectivity index (χ1n) is 11.1. The van der Waals surface area contributed by atoms with E-state index in [9.17, 15) is 0 Å². The van der Waals surface area contributed by atoms with Crippen LogP contribution in [-0.2, 0) is 0 Å². The molecule has 0 aromatic rings. The second-order valence-corrected chi connectivity index (χ2v) is 8.27. The Labute approximate surface area is 162 Å². The van der Waals surface area contributed by atoms with E-state index in [0.717, 1.165) is 5.33 Å². The van der Waals surface area contributed by atoms with Crippen molar-refractivity contribution in [3.8, 4) is 0 Å². The van der Waals surface area contributed by atoms with Crippen LogP contribution in [0, 0.1) is 0 Å². The van der Waals surface area contributed by atoms with Gasteiger partial charge in [0.15, 0.2) is 0 Å². The molecular weight excluding hydrogens is 358 g/mol. The van der Waals surface area contributed by atoms with E-state index >= 15 is 0 Å². The molecule has 0 saturated carbocycles. The van der Waals surface area contributed by atoms with Crippen LogP contribution < -0.4 is 0 Å². The first kappa shape index (κ1) is 24.4. The molecule has 24 heavy (non-hydrogen) atoms. The monoisotopic (exact) mass is 403 g/mol. The van der Waals surface area contributed by atoms with Gasteiger partial charge in [-0.15, -0.1) is 0 Å². The van der Waals surface area contributed by atoms with Gasteiger partial charge in [-0.2, -0.15) is 0 Å². The van der Waals surface area contributed by atoms with Gasteiger partial charge in [-0.05, 0) is 25.9 Å². The Morgan fingerprint density at radius 2 is 0.792 bits per heavy atom. The fourth-order valence-corrected chi connectivity index (χ4v) is 3.90. The molecule has 0 saturated heterocycles. The van der Waals surface area contributed by atoms with Crippen molar-refractivity contribution in [2.45, 2.75) is 117 Å². The maximum atomic E-state index is 3.62. The lowest BCUT2D eigenvalue weighted by Crippen LogP contribution is -2.28. The molecule has 0 radical (unpaired) electrons. The quantitative estimate of drug-likeness (QED) is 0.147. The van der Waals surface area contributed by atoms with Gasteiger partial charge in [0.2, 0.25) is 0 Å². The molecule has 0 spiro atoms. The smallest absolute Gasteiger partial charge is 0.0159 e. The van der Waals surface area contributed by atoms with Crippen molar-refractivity contribution in [2.75, 3.05) is 25.0 Å². The number of unbranched alkanes of at least 4 members (excludes halogenated alkanes) is 14. The predicted molar refractivity (Wildman–Crippen MR) is 115 cm³/mol. The van der Waals surface area contributed by atoms with Crippen molar-refractivity contribution in [2.24, 2.45) is 0 Å². The van der Waals surface area contributed by atoms with Gasteiger partial charge in [0, 0.05) is 11.9 Å². The van der Waals surface area contributed by atoms with Crippen LogP contribution in [0.15, 0.2) is 0 Å². The van der Waals surface area contributed by atoms with Crippen molar-refractivity contribution >= 4 is 15.9 Å². The van der Waals surface area contributed by atoms with E-state index < -0.39 is 0 Å². The van der Waals surface area contributed by atoms with E-state index in [0.29, 0.717) is 0 Å². The summed E-state index contributed by atoms with van der Waals surface area (Å²) < 4.78 is 0. The molecular formula is C22H46BrN. The van der Waals surface area contributed by atoms with E-state index in [2.05, 4.69) is 34.7 Å². The molecule has 1 nitrogen and oxygen atoms in total. The fourth-order valence-electron chi connectivity index (χ4n) is 3.39. The Bertz CT molecular complexity index is 200. The minimum atomic E-state index is 1.13. The number of hydrogen-bond acceptors (Lipinski definition) is 1. The summed E-state index contributed by atoms with van der Waals surface area (Å²) in [5.41, 5.74) is 0. The number of halogens is 1. The number of rotatable bonds is 20. The standard InChI is InChI=1S/C22H46BrN/c1-3-5-7-9-11-13-15-17-20-24(22-19-23)21-18-16-14-12-10-8-6-4-2/h3-22H2,1-2H3. The summed E-state index contributed by atoms with van der Waals surface area (Å²) in [5, 5.41) is 1.13. The van der Waals surface area contributed by atoms with Crippen molar-refractivity contribution in [1.29, 1.82) is 0 Å². The number of nitrogens with zero attached hydrogens (tertiary/aromatic N) is 1. The van der Waals surface area contributed by atoms with Gasteiger partial charge < -0.3 is 4.90 Å². The molecule has 0 heterocycles. The van der Waals surface area contributed by atoms with E-state index in [4.69, 9.17) is 0 Å². The van der Waals surface area contributed by atoms with Gasteiger partial charge >= 0.3 is 0 Å². The summed E-state index contributed by atoms with van der Waals surface area (Å²) in [7, 11) is 0. The largest absolute Gasteiger partial charge is 0.303 e. The first-order chi connectivity index (χ1) is 11.8.